The Bertz CT molecular complexity index is 891. The quantitative estimate of drug-likeness (QED) is 0.564. The molecule has 0 aromatic heterocycles. The van der Waals surface area contributed by atoms with Crippen molar-refractivity contribution >= 4 is 17.5 Å². The third-order valence-electron chi connectivity index (χ3n) is 10.4. The van der Waals surface area contributed by atoms with Crippen molar-refractivity contribution in [1.29, 1.82) is 0 Å². The van der Waals surface area contributed by atoms with Crippen molar-refractivity contribution in [3.8, 4) is 0 Å². The highest BCUT2D eigenvalue weighted by Gasteiger charge is 2.68. The molecule has 6 heteroatoms. The molecule has 0 aromatic carbocycles. The van der Waals surface area contributed by atoms with Gasteiger partial charge in [-0.1, -0.05) is 40.2 Å². The number of esters is 1. The van der Waals surface area contributed by atoms with Crippen molar-refractivity contribution in [2.45, 2.75) is 97.7 Å². The van der Waals surface area contributed by atoms with Crippen molar-refractivity contribution in [3.05, 3.63) is 11.6 Å². The van der Waals surface area contributed by atoms with Crippen LogP contribution in [0.4, 0.5) is 0 Å². The van der Waals surface area contributed by atoms with Gasteiger partial charge >= 0.3 is 5.97 Å². The molecule has 0 heterocycles. The molecule has 6 nitrogen and oxygen atoms in total. The van der Waals surface area contributed by atoms with Gasteiger partial charge in [0.05, 0.1) is 12.0 Å². The molecule has 2 N–H and O–H groups in total. The minimum Gasteiger partial charge on any atom is -0.457 e. The second kappa shape index (κ2) is 8.85. The molecule has 0 unspecified atom stereocenters. The van der Waals surface area contributed by atoms with Crippen LogP contribution >= 0.6 is 0 Å². The smallest absolute Gasteiger partial charge is 0.309 e. The molecule has 3 saturated carbocycles. The average molecular weight is 475 g/mol. The maximum Gasteiger partial charge on any atom is 0.309 e. The van der Waals surface area contributed by atoms with E-state index in [1.165, 1.54) is 5.57 Å². The second-order valence-corrected chi connectivity index (χ2v) is 12.3. The molecule has 0 spiro atoms. The van der Waals surface area contributed by atoms with E-state index in [0.717, 1.165) is 25.7 Å². The zero-order valence-electron chi connectivity index (χ0n) is 21.4. The first-order chi connectivity index (χ1) is 15.9. The van der Waals surface area contributed by atoms with Crippen molar-refractivity contribution in [3.63, 3.8) is 0 Å². The summed E-state index contributed by atoms with van der Waals surface area (Å²) < 4.78 is 5.40. The number of hydrogen-bond acceptors (Lipinski definition) is 6. The number of hydrogen-bond donors (Lipinski definition) is 2. The Morgan fingerprint density at radius 1 is 1.18 bits per heavy atom. The Hall–Kier alpha value is -1.53. The molecule has 0 amide bonds. The van der Waals surface area contributed by atoms with Gasteiger partial charge in [0.25, 0.3) is 0 Å². The van der Waals surface area contributed by atoms with Gasteiger partial charge in [-0.15, -0.1) is 0 Å². The number of fused-ring (bicyclic) bond motifs is 5. The molecule has 0 bridgehead atoms. The lowest BCUT2D eigenvalue weighted by molar-refractivity contribution is -0.185. The molecular formula is C28H42O6. The molecule has 4 aliphatic rings. The van der Waals surface area contributed by atoms with Crippen LogP contribution in [0.25, 0.3) is 0 Å². The van der Waals surface area contributed by atoms with Crippen molar-refractivity contribution in [1.82, 2.24) is 0 Å². The lowest BCUT2D eigenvalue weighted by Crippen LogP contribution is -2.62. The van der Waals surface area contributed by atoms with Crippen LogP contribution in [0, 0.1) is 40.4 Å². The molecule has 4 aliphatic carbocycles. The minimum absolute atomic E-state index is 0.0327. The van der Waals surface area contributed by atoms with E-state index < -0.39 is 29.5 Å². The first-order valence-corrected chi connectivity index (χ1v) is 13.2. The van der Waals surface area contributed by atoms with Gasteiger partial charge < -0.3 is 14.9 Å². The van der Waals surface area contributed by atoms with E-state index in [2.05, 4.69) is 6.92 Å². The van der Waals surface area contributed by atoms with Crippen molar-refractivity contribution in [2.24, 2.45) is 40.4 Å². The standard InChI is InChI=1S/C28H42O6/c1-6-19(16(2)3)25(32)34-15-23(31)28(33)12-10-21-20-8-7-17-13-18(29)9-11-26(17,4)24(20)22(30)14-27(21,28)5/h13,16,19-22,24,30,33H,6-12,14-15H2,1-5H3/t19-,20-,21-,22-,24+,26-,27-,28-/m0/s1. The van der Waals surface area contributed by atoms with Gasteiger partial charge in [-0.25, -0.2) is 0 Å². The molecule has 0 radical (unpaired) electrons. The van der Waals surface area contributed by atoms with Gasteiger partial charge in [0.1, 0.15) is 5.60 Å². The fraction of sp³-hybridized carbons (Fsp3) is 0.821. The maximum absolute atomic E-state index is 13.4. The van der Waals surface area contributed by atoms with Crippen molar-refractivity contribution in [2.75, 3.05) is 6.61 Å². The minimum atomic E-state index is -1.61. The Morgan fingerprint density at radius 2 is 1.88 bits per heavy atom. The van der Waals surface area contributed by atoms with Crippen LogP contribution in [-0.2, 0) is 19.1 Å². The zero-order chi connectivity index (χ0) is 25.1. The van der Waals surface area contributed by atoms with Crippen LogP contribution in [0.5, 0.6) is 0 Å². The first kappa shape index (κ1) is 25.6. The number of ketones is 2. The summed E-state index contributed by atoms with van der Waals surface area (Å²) in [6, 6.07) is 0. The second-order valence-electron chi connectivity index (χ2n) is 12.3. The highest BCUT2D eigenvalue weighted by Crippen LogP contribution is 2.67. The summed E-state index contributed by atoms with van der Waals surface area (Å²) >= 11 is 0. The number of aliphatic hydroxyl groups is 2. The average Bonchev–Trinajstić information content (AvgIpc) is 3.03. The summed E-state index contributed by atoms with van der Waals surface area (Å²) in [6.07, 6.45) is 6.16. The number of ether oxygens (including phenoxy) is 1. The van der Waals surface area contributed by atoms with E-state index in [-0.39, 0.29) is 46.8 Å². The number of rotatable bonds is 6. The lowest BCUT2D eigenvalue weighted by atomic mass is 9.45. The lowest BCUT2D eigenvalue weighted by Gasteiger charge is -2.60. The molecule has 3 fully saturated rings. The van der Waals surface area contributed by atoms with E-state index >= 15 is 0 Å². The summed E-state index contributed by atoms with van der Waals surface area (Å²) in [5.41, 5.74) is -1.41. The fourth-order valence-electron chi connectivity index (χ4n) is 8.42. The number of carbonyl (C=O) groups is 3. The van der Waals surface area contributed by atoms with Crippen LogP contribution in [0.3, 0.4) is 0 Å². The molecule has 8 atom stereocenters. The number of carbonyl (C=O) groups excluding carboxylic acids is 3. The molecule has 0 aromatic rings. The summed E-state index contributed by atoms with van der Waals surface area (Å²) in [5, 5.41) is 23.2. The third-order valence-corrected chi connectivity index (χ3v) is 10.4. The first-order valence-electron chi connectivity index (χ1n) is 13.2. The topological polar surface area (TPSA) is 101 Å². The Balaban J connectivity index is 1.55. The van der Waals surface area contributed by atoms with Gasteiger partial charge in [0, 0.05) is 11.8 Å². The monoisotopic (exact) mass is 474 g/mol. The predicted octanol–water partition coefficient (Wildman–Crippen LogP) is 4.01. The van der Waals surface area contributed by atoms with Gasteiger partial charge in [-0.3, -0.25) is 14.4 Å². The van der Waals surface area contributed by atoms with Gasteiger partial charge in [0.2, 0.25) is 5.78 Å². The zero-order valence-corrected chi connectivity index (χ0v) is 21.4. The highest BCUT2D eigenvalue weighted by atomic mass is 16.5. The van der Waals surface area contributed by atoms with Crippen LogP contribution in [0.1, 0.15) is 86.0 Å². The Morgan fingerprint density at radius 3 is 2.53 bits per heavy atom. The summed E-state index contributed by atoms with van der Waals surface area (Å²) in [6.45, 7) is 9.57. The molecule has 190 valence electrons. The molecule has 0 saturated heterocycles. The summed E-state index contributed by atoms with van der Waals surface area (Å²) in [7, 11) is 0. The Kier molecular flexibility index (Phi) is 6.65. The van der Waals surface area contributed by atoms with Gasteiger partial charge in [-0.05, 0) is 80.1 Å². The summed E-state index contributed by atoms with van der Waals surface area (Å²) in [5.74, 6) is -0.454. The normalized spacial score (nSPS) is 42.4. The SMILES string of the molecule is CC[C@H](C(=O)OCC(=O)[C@@]1(O)CC[C@H]2[C@@H]3CCC4=CC(=O)CC[C@]4(C)[C@H]3[C@@H](O)C[C@@]21C)C(C)C. The summed E-state index contributed by atoms with van der Waals surface area (Å²) in [4.78, 5) is 37.9. The third kappa shape index (κ3) is 3.71. The Labute approximate surface area is 203 Å². The van der Waals surface area contributed by atoms with Crippen molar-refractivity contribution < 1.29 is 29.3 Å². The molecule has 34 heavy (non-hydrogen) atoms. The number of allylic oxidation sites excluding steroid dienone is 1. The molecular weight excluding hydrogens is 432 g/mol. The largest absolute Gasteiger partial charge is 0.457 e. The van der Waals surface area contributed by atoms with Crippen LogP contribution < -0.4 is 0 Å². The van der Waals surface area contributed by atoms with Crippen LogP contribution in [-0.4, -0.2) is 46.1 Å². The fourth-order valence-corrected chi connectivity index (χ4v) is 8.42. The van der Waals surface area contributed by atoms with Crippen LogP contribution in [0.15, 0.2) is 11.6 Å². The van der Waals surface area contributed by atoms with Gasteiger partial charge in [-0.2, -0.15) is 0 Å². The van der Waals surface area contributed by atoms with E-state index in [0.29, 0.717) is 25.7 Å². The van der Waals surface area contributed by atoms with Crippen LogP contribution in [0.2, 0.25) is 0 Å². The van der Waals surface area contributed by atoms with E-state index in [4.69, 9.17) is 4.74 Å². The number of Topliss-reactive ketones (excluding diaryl/α,β-unsaturated/α-hetero) is 1. The molecule has 0 aliphatic heterocycles. The molecule has 4 rings (SSSR count). The maximum atomic E-state index is 13.4. The highest BCUT2D eigenvalue weighted by molar-refractivity contribution is 5.92. The van der Waals surface area contributed by atoms with Gasteiger partial charge in [0.15, 0.2) is 12.4 Å². The van der Waals surface area contributed by atoms with E-state index in [1.54, 1.807) is 0 Å². The predicted molar refractivity (Wildman–Crippen MR) is 128 cm³/mol. The van der Waals surface area contributed by atoms with E-state index in [9.17, 15) is 24.6 Å². The number of aliphatic hydroxyl groups excluding tert-OH is 1. The van der Waals surface area contributed by atoms with E-state index in [1.807, 2.05) is 33.8 Å².